The number of nitrogens with one attached hydrogen (secondary N) is 2. The van der Waals surface area contributed by atoms with Crippen LogP contribution < -0.4 is 10.6 Å². The molecule has 1 aliphatic heterocycles. The molecule has 0 saturated carbocycles. The molecule has 0 radical (unpaired) electrons. The lowest BCUT2D eigenvalue weighted by molar-refractivity contribution is 0.0857. The van der Waals surface area contributed by atoms with Gasteiger partial charge < -0.3 is 15.5 Å². The molecule has 1 saturated heterocycles. The summed E-state index contributed by atoms with van der Waals surface area (Å²) >= 11 is 6.92. The Morgan fingerprint density at radius 2 is 2.00 bits per heavy atom. The molecule has 1 aromatic carbocycles. The van der Waals surface area contributed by atoms with Gasteiger partial charge in [0.1, 0.15) is 0 Å². The van der Waals surface area contributed by atoms with E-state index in [4.69, 9.17) is 12.2 Å². The molecular formula is C18H21N3OS2. The molecule has 4 nitrogen and oxygen atoms in total. The Morgan fingerprint density at radius 1 is 1.21 bits per heavy atom. The van der Waals surface area contributed by atoms with Crippen molar-refractivity contribution < 1.29 is 4.79 Å². The van der Waals surface area contributed by atoms with E-state index >= 15 is 0 Å². The molecule has 3 rings (SSSR count). The molecule has 126 valence electrons. The third kappa shape index (κ3) is 4.41. The second-order valence-corrected chi connectivity index (χ2v) is 7.43. The molecule has 2 N–H and O–H groups in total. The van der Waals surface area contributed by atoms with Gasteiger partial charge in [-0.1, -0.05) is 12.1 Å². The minimum Gasteiger partial charge on any atom is -0.332 e. The van der Waals surface area contributed by atoms with Crippen LogP contribution in [0.2, 0.25) is 0 Å². The third-order valence-electron chi connectivity index (χ3n) is 4.25. The highest BCUT2D eigenvalue weighted by Gasteiger charge is 2.24. The smallest absolute Gasteiger partial charge is 0.175 e. The molecule has 2 aromatic rings. The fourth-order valence-electron chi connectivity index (χ4n) is 2.88. The van der Waals surface area contributed by atoms with Gasteiger partial charge in [-0.15, -0.1) is 11.3 Å². The average Bonchev–Trinajstić information content (AvgIpc) is 3.08. The molecular weight excluding hydrogens is 338 g/mol. The normalized spacial score (nSPS) is 15.9. The minimum atomic E-state index is 0.132. The van der Waals surface area contributed by atoms with Crippen LogP contribution in [0, 0.1) is 5.92 Å². The number of benzene rings is 1. The summed E-state index contributed by atoms with van der Waals surface area (Å²) in [5, 5.41) is 9.80. The van der Waals surface area contributed by atoms with Crippen molar-refractivity contribution in [3.63, 3.8) is 0 Å². The molecule has 0 amide bonds. The Labute approximate surface area is 151 Å². The van der Waals surface area contributed by atoms with Gasteiger partial charge in [-0.2, -0.15) is 0 Å². The van der Waals surface area contributed by atoms with Crippen LogP contribution in [-0.4, -0.2) is 35.9 Å². The molecule has 0 spiro atoms. The number of likely N-dealkylation sites (tertiary alicyclic amines) is 1. The quantitative estimate of drug-likeness (QED) is 0.636. The number of nitrogens with zero attached hydrogens (tertiary/aromatic N) is 1. The lowest BCUT2D eigenvalue weighted by atomic mass is 9.89. The SMILES string of the molecule is CN1CCC(C(=O)c2cccc(NC(=S)Nc3cccs3)c2)CC1. The number of thiophene rings is 1. The van der Waals surface area contributed by atoms with E-state index in [1.165, 1.54) is 0 Å². The molecule has 1 aliphatic rings. The monoisotopic (exact) mass is 359 g/mol. The fourth-order valence-corrected chi connectivity index (χ4v) is 3.79. The Balaban J connectivity index is 1.63. The Kier molecular flexibility index (Phi) is 5.60. The summed E-state index contributed by atoms with van der Waals surface area (Å²) in [5.41, 5.74) is 1.59. The first-order chi connectivity index (χ1) is 11.6. The number of hydrogen-bond acceptors (Lipinski definition) is 4. The van der Waals surface area contributed by atoms with Gasteiger partial charge in [-0.25, -0.2) is 0 Å². The highest BCUT2D eigenvalue weighted by molar-refractivity contribution is 7.80. The first-order valence-corrected chi connectivity index (χ1v) is 9.35. The fraction of sp³-hybridized carbons (Fsp3) is 0.333. The maximum Gasteiger partial charge on any atom is 0.175 e. The predicted molar refractivity (Wildman–Crippen MR) is 105 cm³/mol. The van der Waals surface area contributed by atoms with Gasteiger partial charge in [0.15, 0.2) is 10.9 Å². The average molecular weight is 360 g/mol. The molecule has 1 fully saturated rings. The van der Waals surface area contributed by atoms with Gasteiger partial charge in [0.05, 0.1) is 5.00 Å². The van der Waals surface area contributed by atoms with E-state index in [0.29, 0.717) is 5.11 Å². The minimum absolute atomic E-state index is 0.132. The number of Topliss-reactive ketones (excluding diaryl/α,β-unsaturated/α-hetero) is 1. The number of anilines is 2. The summed E-state index contributed by atoms with van der Waals surface area (Å²) in [7, 11) is 2.10. The Hall–Kier alpha value is -1.76. The van der Waals surface area contributed by atoms with Crippen molar-refractivity contribution >= 4 is 45.1 Å². The first kappa shape index (κ1) is 17.1. The van der Waals surface area contributed by atoms with E-state index in [1.807, 2.05) is 41.8 Å². The van der Waals surface area contributed by atoms with Gasteiger partial charge in [0.2, 0.25) is 0 Å². The van der Waals surface area contributed by atoms with Gasteiger partial charge >= 0.3 is 0 Å². The van der Waals surface area contributed by atoms with Gasteiger partial charge in [0.25, 0.3) is 0 Å². The number of carbonyl (C=O) groups is 1. The molecule has 24 heavy (non-hydrogen) atoms. The third-order valence-corrected chi connectivity index (χ3v) is 5.24. The summed E-state index contributed by atoms with van der Waals surface area (Å²) < 4.78 is 0. The molecule has 0 bridgehead atoms. The van der Waals surface area contributed by atoms with E-state index in [9.17, 15) is 4.79 Å². The van der Waals surface area contributed by atoms with Gasteiger partial charge in [-0.05, 0) is 74.8 Å². The standard InChI is InChI=1S/C18H21N3OS2/c1-21-9-7-13(8-10-21)17(22)14-4-2-5-15(12-14)19-18(23)20-16-6-3-11-24-16/h2-6,11-13H,7-10H2,1H3,(H2,19,20,23). The summed E-state index contributed by atoms with van der Waals surface area (Å²) in [6.07, 6.45) is 1.87. The number of rotatable bonds is 4. The Bertz CT molecular complexity index is 707. The van der Waals surface area contributed by atoms with Crippen molar-refractivity contribution in [1.29, 1.82) is 0 Å². The van der Waals surface area contributed by atoms with Crippen LogP contribution in [0.25, 0.3) is 0 Å². The van der Waals surface area contributed by atoms with E-state index in [1.54, 1.807) is 11.3 Å². The topological polar surface area (TPSA) is 44.4 Å². The molecule has 0 aliphatic carbocycles. The highest BCUT2D eigenvalue weighted by Crippen LogP contribution is 2.23. The lowest BCUT2D eigenvalue weighted by Gasteiger charge is -2.28. The molecule has 0 atom stereocenters. The lowest BCUT2D eigenvalue weighted by Crippen LogP contribution is -2.33. The number of ketones is 1. The van der Waals surface area contributed by atoms with Crippen LogP contribution in [0.15, 0.2) is 41.8 Å². The molecule has 1 aromatic heterocycles. The van der Waals surface area contributed by atoms with Crippen LogP contribution in [0.1, 0.15) is 23.2 Å². The van der Waals surface area contributed by atoms with Gasteiger partial charge in [-0.3, -0.25) is 4.79 Å². The van der Waals surface area contributed by atoms with Crippen LogP contribution in [-0.2, 0) is 0 Å². The second-order valence-electron chi connectivity index (χ2n) is 6.08. The number of thiocarbonyl (C=S) groups is 1. The first-order valence-electron chi connectivity index (χ1n) is 8.06. The van der Waals surface area contributed by atoms with E-state index in [2.05, 4.69) is 22.6 Å². The number of piperidine rings is 1. The second kappa shape index (κ2) is 7.88. The van der Waals surface area contributed by atoms with Crippen LogP contribution in [0.3, 0.4) is 0 Å². The Morgan fingerprint density at radius 3 is 2.71 bits per heavy atom. The van der Waals surface area contributed by atoms with Crippen molar-refractivity contribution in [2.75, 3.05) is 30.8 Å². The zero-order valence-corrected chi connectivity index (χ0v) is 15.3. The van der Waals surface area contributed by atoms with Crippen LogP contribution in [0.5, 0.6) is 0 Å². The number of carbonyl (C=O) groups excluding carboxylic acids is 1. The zero-order chi connectivity index (χ0) is 16.9. The van der Waals surface area contributed by atoms with Crippen LogP contribution in [0.4, 0.5) is 10.7 Å². The van der Waals surface area contributed by atoms with E-state index in [-0.39, 0.29) is 11.7 Å². The maximum atomic E-state index is 12.7. The summed E-state index contributed by atoms with van der Waals surface area (Å²) in [6.45, 7) is 1.98. The maximum absolute atomic E-state index is 12.7. The number of hydrogen-bond donors (Lipinski definition) is 2. The van der Waals surface area contributed by atoms with E-state index < -0.39 is 0 Å². The van der Waals surface area contributed by atoms with Crippen molar-refractivity contribution in [1.82, 2.24) is 4.90 Å². The predicted octanol–water partition coefficient (Wildman–Crippen LogP) is 4.08. The molecule has 0 unspecified atom stereocenters. The van der Waals surface area contributed by atoms with Gasteiger partial charge in [0, 0.05) is 17.2 Å². The largest absolute Gasteiger partial charge is 0.332 e. The summed E-state index contributed by atoms with van der Waals surface area (Å²) in [6, 6.07) is 11.5. The van der Waals surface area contributed by atoms with E-state index in [0.717, 1.165) is 42.2 Å². The summed E-state index contributed by atoms with van der Waals surface area (Å²) in [5.74, 6) is 0.372. The highest BCUT2D eigenvalue weighted by atomic mass is 32.1. The summed E-state index contributed by atoms with van der Waals surface area (Å²) in [4.78, 5) is 15.0. The van der Waals surface area contributed by atoms with Crippen molar-refractivity contribution in [2.45, 2.75) is 12.8 Å². The van der Waals surface area contributed by atoms with Crippen LogP contribution >= 0.6 is 23.6 Å². The molecule has 6 heteroatoms. The zero-order valence-electron chi connectivity index (χ0n) is 13.6. The molecule has 2 heterocycles. The van der Waals surface area contributed by atoms with Crippen molar-refractivity contribution in [2.24, 2.45) is 5.92 Å². The van der Waals surface area contributed by atoms with Crippen molar-refractivity contribution in [3.05, 3.63) is 47.3 Å². The van der Waals surface area contributed by atoms with Crippen molar-refractivity contribution in [3.8, 4) is 0 Å².